The van der Waals surface area contributed by atoms with E-state index in [2.05, 4.69) is 34.6 Å². The van der Waals surface area contributed by atoms with Gasteiger partial charge in [-0.2, -0.15) is 5.26 Å². The molecule has 1 N–H and O–H groups in total. The van der Waals surface area contributed by atoms with Gasteiger partial charge >= 0.3 is 0 Å². The molecule has 0 atom stereocenters. The monoisotopic (exact) mass is 331 g/mol. The Labute approximate surface area is 147 Å². The van der Waals surface area contributed by atoms with E-state index in [1.165, 1.54) is 0 Å². The molecule has 2 aromatic rings. The first-order valence-electron chi connectivity index (χ1n) is 8.90. The topological polar surface area (TPSA) is 57.9 Å². The van der Waals surface area contributed by atoms with Crippen molar-refractivity contribution in [1.29, 1.82) is 5.26 Å². The Bertz CT molecular complexity index is 886. The number of fused-ring (bicyclic) bond motifs is 1. The van der Waals surface area contributed by atoms with Crippen LogP contribution in [0.4, 0.5) is 0 Å². The van der Waals surface area contributed by atoms with Gasteiger partial charge in [0.25, 0.3) is 0 Å². The number of benzene rings is 1. The molecule has 1 aromatic carbocycles. The van der Waals surface area contributed by atoms with Gasteiger partial charge in [0, 0.05) is 23.4 Å². The number of rotatable bonds is 3. The normalized spacial score (nSPS) is 18.4. The van der Waals surface area contributed by atoms with Gasteiger partial charge in [-0.3, -0.25) is 4.98 Å². The van der Waals surface area contributed by atoms with Crippen molar-refractivity contribution in [3.63, 3.8) is 0 Å². The summed E-state index contributed by atoms with van der Waals surface area (Å²) >= 11 is 0. The lowest BCUT2D eigenvalue weighted by Crippen LogP contribution is -2.34. The van der Waals surface area contributed by atoms with Gasteiger partial charge < -0.3 is 10.1 Å². The van der Waals surface area contributed by atoms with E-state index in [1.807, 2.05) is 24.5 Å². The molecule has 4 nitrogen and oxygen atoms in total. The van der Waals surface area contributed by atoms with Gasteiger partial charge in [-0.25, -0.2) is 0 Å². The lowest BCUT2D eigenvalue weighted by Gasteiger charge is -2.25. The van der Waals surface area contributed by atoms with E-state index in [-0.39, 0.29) is 6.10 Å². The highest BCUT2D eigenvalue weighted by Crippen LogP contribution is 2.34. The fourth-order valence-electron chi connectivity index (χ4n) is 3.51. The molecule has 1 aliphatic carbocycles. The summed E-state index contributed by atoms with van der Waals surface area (Å²) in [4.78, 5) is 4.27. The third kappa shape index (κ3) is 3.42. The zero-order valence-corrected chi connectivity index (χ0v) is 14.2. The molecule has 126 valence electrons. The summed E-state index contributed by atoms with van der Waals surface area (Å²) in [5.41, 5.74) is 3.06. The van der Waals surface area contributed by atoms with Crippen LogP contribution in [0.3, 0.4) is 0 Å². The highest BCUT2D eigenvalue weighted by atomic mass is 16.5. The maximum absolute atomic E-state index is 9.21. The molecule has 0 radical (unpaired) electrons. The van der Waals surface area contributed by atoms with E-state index in [4.69, 9.17) is 4.74 Å². The Hall–Kier alpha value is -2.64. The molecule has 0 bridgehead atoms. The van der Waals surface area contributed by atoms with E-state index in [9.17, 15) is 5.26 Å². The number of allylic oxidation sites excluding steroid dienone is 4. The summed E-state index contributed by atoms with van der Waals surface area (Å²) in [5.74, 6) is 0.894. The molecule has 0 unspecified atom stereocenters. The van der Waals surface area contributed by atoms with Crippen LogP contribution >= 0.6 is 0 Å². The van der Waals surface area contributed by atoms with Crippen molar-refractivity contribution >= 4 is 16.3 Å². The lowest BCUT2D eigenvalue weighted by molar-refractivity contribution is 0.164. The second kappa shape index (κ2) is 7.08. The number of nitrogens with one attached hydrogen (secondary N) is 1. The van der Waals surface area contributed by atoms with Crippen LogP contribution in [0.2, 0.25) is 0 Å². The molecule has 25 heavy (non-hydrogen) atoms. The Morgan fingerprint density at radius 1 is 1.24 bits per heavy atom. The molecule has 4 heteroatoms. The quantitative estimate of drug-likeness (QED) is 0.924. The van der Waals surface area contributed by atoms with E-state index in [0.717, 1.165) is 72.0 Å². The Morgan fingerprint density at radius 3 is 2.96 bits per heavy atom. The minimum Gasteiger partial charge on any atom is -0.490 e. The van der Waals surface area contributed by atoms with Crippen molar-refractivity contribution in [2.24, 2.45) is 0 Å². The van der Waals surface area contributed by atoms with Gasteiger partial charge in [0.05, 0.1) is 6.07 Å². The predicted octanol–water partition coefficient (Wildman–Crippen LogP) is 3.99. The first kappa shape index (κ1) is 15.9. The molecule has 2 heterocycles. The molecule has 0 spiro atoms. The van der Waals surface area contributed by atoms with Crippen molar-refractivity contribution in [3.8, 4) is 11.8 Å². The average molecular weight is 331 g/mol. The second-order valence-corrected chi connectivity index (χ2v) is 6.62. The van der Waals surface area contributed by atoms with Gasteiger partial charge in [0.1, 0.15) is 11.9 Å². The third-order valence-electron chi connectivity index (χ3n) is 4.88. The first-order valence-corrected chi connectivity index (χ1v) is 8.90. The second-order valence-electron chi connectivity index (χ2n) is 6.62. The van der Waals surface area contributed by atoms with Crippen LogP contribution in [0.5, 0.6) is 5.75 Å². The van der Waals surface area contributed by atoms with E-state index >= 15 is 0 Å². The number of aromatic nitrogens is 1. The van der Waals surface area contributed by atoms with Crippen LogP contribution < -0.4 is 10.1 Å². The minimum atomic E-state index is 0.241. The molecule has 0 amide bonds. The maximum Gasteiger partial charge on any atom is 0.129 e. The number of pyridine rings is 1. The van der Waals surface area contributed by atoms with Gasteiger partial charge in [-0.1, -0.05) is 6.08 Å². The zero-order chi connectivity index (χ0) is 17.1. The standard InChI is InChI=1S/C21H21N3O/c22-13-15-2-1-3-16(10-15)18-11-17-4-7-24-14-20(17)21(12-18)25-19-5-8-23-9-6-19/h3-4,7,10-12,14,19,23H,1-2,5-6,8-9H2. The molecule has 1 fully saturated rings. The molecule has 2 aliphatic rings. The van der Waals surface area contributed by atoms with Crippen LogP contribution in [0.1, 0.15) is 31.2 Å². The molecule has 0 saturated carbocycles. The summed E-state index contributed by atoms with van der Waals surface area (Å²) in [6.07, 6.45) is 11.9. The van der Waals surface area contributed by atoms with Crippen LogP contribution in [-0.4, -0.2) is 24.2 Å². The van der Waals surface area contributed by atoms with Gasteiger partial charge in [-0.05, 0) is 79.6 Å². The smallest absolute Gasteiger partial charge is 0.129 e. The van der Waals surface area contributed by atoms with Crippen LogP contribution in [-0.2, 0) is 0 Å². The number of hydrogen-bond acceptors (Lipinski definition) is 4. The zero-order valence-electron chi connectivity index (χ0n) is 14.2. The first-order chi connectivity index (χ1) is 12.3. The van der Waals surface area contributed by atoms with Crippen LogP contribution in [0, 0.1) is 11.3 Å². The van der Waals surface area contributed by atoms with Crippen LogP contribution in [0.15, 0.2) is 48.3 Å². The van der Waals surface area contributed by atoms with E-state index in [0.29, 0.717) is 0 Å². The number of hydrogen-bond donors (Lipinski definition) is 1. The van der Waals surface area contributed by atoms with E-state index < -0.39 is 0 Å². The largest absolute Gasteiger partial charge is 0.490 e. The summed E-state index contributed by atoms with van der Waals surface area (Å²) in [6, 6.07) is 8.58. The van der Waals surface area contributed by atoms with Crippen molar-refractivity contribution < 1.29 is 4.74 Å². The fraction of sp³-hybridized carbons (Fsp3) is 0.333. The fourth-order valence-corrected chi connectivity index (χ4v) is 3.51. The number of ether oxygens (including phenoxy) is 1. The van der Waals surface area contributed by atoms with Crippen molar-refractivity contribution in [2.45, 2.75) is 31.8 Å². The van der Waals surface area contributed by atoms with Crippen molar-refractivity contribution in [3.05, 3.63) is 53.9 Å². The van der Waals surface area contributed by atoms with Gasteiger partial charge in [0.15, 0.2) is 0 Å². The summed E-state index contributed by atoms with van der Waals surface area (Å²) in [6.45, 7) is 2.00. The Morgan fingerprint density at radius 2 is 2.12 bits per heavy atom. The Balaban J connectivity index is 1.75. The summed E-state index contributed by atoms with van der Waals surface area (Å²) < 4.78 is 6.36. The molecular formula is C21H21N3O. The SMILES string of the molecule is N#CC1=CC(c2cc(OC3CCNCC3)c3cnccc3c2)=CCC1. The van der Waals surface area contributed by atoms with E-state index in [1.54, 1.807) is 0 Å². The van der Waals surface area contributed by atoms with Gasteiger partial charge in [-0.15, -0.1) is 0 Å². The predicted molar refractivity (Wildman–Crippen MR) is 99.2 cm³/mol. The maximum atomic E-state index is 9.21. The number of nitriles is 1. The summed E-state index contributed by atoms with van der Waals surface area (Å²) in [7, 11) is 0. The highest BCUT2D eigenvalue weighted by Gasteiger charge is 2.17. The number of nitrogens with zero attached hydrogens (tertiary/aromatic N) is 2. The molecule has 4 rings (SSSR count). The van der Waals surface area contributed by atoms with Crippen LogP contribution in [0.25, 0.3) is 16.3 Å². The molecular weight excluding hydrogens is 310 g/mol. The van der Waals surface area contributed by atoms with Crippen molar-refractivity contribution in [2.75, 3.05) is 13.1 Å². The highest BCUT2D eigenvalue weighted by molar-refractivity contribution is 5.92. The molecule has 1 aliphatic heterocycles. The lowest BCUT2D eigenvalue weighted by atomic mass is 9.93. The van der Waals surface area contributed by atoms with Gasteiger partial charge in [0.2, 0.25) is 0 Å². The van der Waals surface area contributed by atoms with Crippen molar-refractivity contribution in [1.82, 2.24) is 10.3 Å². The average Bonchev–Trinajstić information content (AvgIpc) is 2.69. The molecule has 1 saturated heterocycles. The molecule has 1 aromatic heterocycles. The third-order valence-corrected chi connectivity index (χ3v) is 4.88. The number of piperidine rings is 1. The Kier molecular flexibility index (Phi) is 4.49. The summed E-state index contributed by atoms with van der Waals surface area (Å²) in [5, 5.41) is 14.8. The minimum absolute atomic E-state index is 0.241.